The molecule has 0 spiro atoms. The predicted octanol–water partition coefficient (Wildman–Crippen LogP) is 13.1. The Bertz CT molecular complexity index is 6510. The van der Waals surface area contributed by atoms with Gasteiger partial charge in [-0.1, -0.05) is 12.8 Å². The number of anilines is 5. The molecule has 6 fully saturated rings. The van der Waals surface area contributed by atoms with Crippen molar-refractivity contribution in [2.75, 3.05) is 96.6 Å². The van der Waals surface area contributed by atoms with Gasteiger partial charge in [0.1, 0.15) is 118 Å². The van der Waals surface area contributed by atoms with E-state index in [4.69, 9.17) is 21.9 Å². The Hall–Kier alpha value is -13.7. The van der Waals surface area contributed by atoms with E-state index in [1.807, 2.05) is 25.1 Å². The number of morpholine rings is 1. The van der Waals surface area contributed by atoms with Gasteiger partial charge in [0.25, 0.3) is 44.0 Å². The Morgan fingerprint density at radius 3 is 1.16 bits per heavy atom. The van der Waals surface area contributed by atoms with Crippen LogP contribution >= 0.6 is 0 Å². The fourth-order valence-electron chi connectivity index (χ4n) is 17.3. The number of piperidine rings is 3. The summed E-state index contributed by atoms with van der Waals surface area (Å²) in [6.45, 7) is 8.52. The van der Waals surface area contributed by atoms with E-state index in [1.165, 1.54) is 151 Å². The van der Waals surface area contributed by atoms with Crippen LogP contribution in [0.3, 0.4) is 0 Å². The monoisotopic (exact) mass is 1900 g/mol. The van der Waals surface area contributed by atoms with E-state index in [0.29, 0.717) is 122 Å². The number of nitrogens with zero attached hydrogens (tertiary/aromatic N) is 30. The van der Waals surface area contributed by atoms with E-state index in [9.17, 15) is 66.6 Å². The third-order valence-corrected chi connectivity index (χ3v) is 24.8. The van der Waals surface area contributed by atoms with E-state index < -0.39 is 74.6 Å². The van der Waals surface area contributed by atoms with Crippen molar-refractivity contribution < 1.29 is 71.3 Å². The highest BCUT2D eigenvalue weighted by Crippen LogP contribution is 2.40. The second-order valence-electron chi connectivity index (χ2n) is 33.6. The van der Waals surface area contributed by atoms with Crippen molar-refractivity contribution in [3.63, 3.8) is 0 Å². The molecule has 5 saturated heterocycles. The van der Waals surface area contributed by atoms with Crippen molar-refractivity contribution in [3.8, 4) is 56.9 Å². The Kier molecular flexibility index (Phi) is 28.0. The molecule has 1 aliphatic carbocycles. The van der Waals surface area contributed by atoms with Gasteiger partial charge in [-0.3, -0.25) is 0 Å². The minimum absolute atomic E-state index is 0.0512. The molecule has 7 N–H and O–H groups in total. The highest BCUT2D eigenvalue weighted by Gasteiger charge is 2.46. The second kappa shape index (κ2) is 40.5. The standard InChI is InChI=1S/C19H20F2N6O.C18H18F4N6O.C18H21F2N7.C16H15F4N7.C16H17F2N7/c20-19(21)12-5-6-17-22-10-15(27(17)25-12)13-9-18(24-11-23-13)26-7-8-28-16-4-2-1-3-14(16)26;1-10-11(7-29)5-18(21,22)8-27(10)16-4-13(24-9-25-16)14-6-23-15-3-2-12(17(19)20)26-28(14)15;1-11(21)12-3-2-6-26(9-12)17-7-14(23-10-24-17)15-8-22-16-5-4-13(18(19)20)25-27(15)16;17-15(18)9-1-2-13-22-6-11(27(13)25-9)10-5-14(24-8-23-10)26-4-3-16(19,20)12(21)7-26;17-16(18)11-1-2-14-20-7-13(25(14)23-11)12-5-15(22-9-21-12)24-4-3-10(6-19)8-24/h5-6,9-11,14,16,19H,1-4,7-8H2;2-4,6,9-11,17,29H,5,7-8H2,1H3;4-5,7-8,10-12,18H,2-3,6,9,21H2,1H3;1-2,5-6,8,12,15H,3-4,7,21H2;1-2,5,7,9-10,16H,3-4,6,8,19H2. The van der Waals surface area contributed by atoms with Gasteiger partial charge in [-0.25, -0.2) is 159 Å². The average Bonchev–Trinajstić information content (AvgIpc) is 1.67. The van der Waals surface area contributed by atoms with Crippen molar-refractivity contribution in [2.45, 2.75) is 146 Å². The molecular formula is C87H91F14N33O2. The molecule has 35 nitrogen and oxygen atoms in total. The highest BCUT2D eigenvalue weighted by molar-refractivity contribution is 5.68. The number of halogens is 14. The van der Waals surface area contributed by atoms with Gasteiger partial charge in [-0.2, -0.15) is 25.5 Å². The normalized spacial score (nSPS) is 20.3. The van der Waals surface area contributed by atoms with Crippen LogP contribution in [0, 0.1) is 17.8 Å². The van der Waals surface area contributed by atoms with Gasteiger partial charge < -0.3 is 51.5 Å². The van der Waals surface area contributed by atoms with Gasteiger partial charge >= 0.3 is 0 Å². The van der Waals surface area contributed by atoms with Gasteiger partial charge in [0.15, 0.2) is 28.2 Å². The maximum atomic E-state index is 14.2. The van der Waals surface area contributed by atoms with Crippen molar-refractivity contribution >= 4 is 57.3 Å². The quantitative estimate of drug-likeness (QED) is 0.0580. The van der Waals surface area contributed by atoms with E-state index in [0.717, 1.165) is 82.3 Å². The summed E-state index contributed by atoms with van der Waals surface area (Å²) in [6, 6.07) is 21.1. The van der Waals surface area contributed by atoms with Crippen molar-refractivity contribution in [3.05, 3.63) is 182 Å². The van der Waals surface area contributed by atoms with Crippen LogP contribution in [-0.2, 0) is 4.74 Å². The molecule has 0 aromatic carbocycles. The molecule has 0 amide bonds. The number of rotatable bonds is 18. The first kappa shape index (κ1) is 94.1. The third-order valence-electron chi connectivity index (χ3n) is 24.8. The van der Waals surface area contributed by atoms with Crippen molar-refractivity contribution in [2.24, 2.45) is 35.0 Å². The van der Waals surface area contributed by atoms with Crippen LogP contribution in [0.5, 0.6) is 0 Å². The maximum Gasteiger partial charge on any atom is 0.282 e. The molecule has 0 bridgehead atoms. The predicted molar refractivity (Wildman–Crippen MR) is 469 cm³/mol. The number of fused-ring (bicyclic) bond motifs is 6. The number of hydrogen-bond donors (Lipinski definition) is 4. The first-order valence-corrected chi connectivity index (χ1v) is 43.8. The van der Waals surface area contributed by atoms with Crippen LogP contribution in [0.2, 0.25) is 0 Å². The number of alkyl halides is 14. The van der Waals surface area contributed by atoms with Crippen LogP contribution < -0.4 is 41.7 Å². The lowest BCUT2D eigenvalue weighted by Gasteiger charge is -2.44. The van der Waals surface area contributed by atoms with Gasteiger partial charge in [0.05, 0.1) is 90.8 Å². The zero-order valence-electron chi connectivity index (χ0n) is 72.9. The summed E-state index contributed by atoms with van der Waals surface area (Å²) in [5.41, 5.74) is 22.8. The molecular weight excluding hydrogens is 1810 g/mol. The van der Waals surface area contributed by atoms with Gasteiger partial charge in [0, 0.05) is 114 Å². The molecule has 49 heteroatoms. The number of hydrogen-bond acceptors (Lipinski definition) is 30. The molecule has 8 unspecified atom stereocenters. The van der Waals surface area contributed by atoms with Gasteiger partial charge in [-0.15, -0.1) is 0 Å². The SMILES string of the molecule is CC(N)C1CCCN(c2cc(-c3cnc4ccc(C(F)F)nn34)ncn2)C1.CC1C(CO)CC(F)(F)CN1c1cc(-c2cnc3ccc(C(F)F)nn23)ncn1.FC(F)c1ccc2ncc(-c3cc(N4CCOC5CCCCC54)ncn3)n2n1.NC1CN(c2cc(-c3cnc4ccc(C(F)F)nn34)ncn2)CCC1(F)F.NCC1CCN(c2cc(-c3cnc4ccc(C(F)F)nn34)ncn2)C1. The van der Waals surface area contributed by atoms with Crippen LogP contribution in [0.1, 0.15) is 132 Å². The van der Waals surface area contributed by atoms with E-state index >= 15 is 0 Å². The summed E-state index contributed by atoms with van der Waals surface area (Å²) in [7, 11) is 0. The fourth-order valence-corrected chi connectivity index (χ4v) is 17.3. The van der Waals surface area contributed by atoms with E-state index in [1.54, 1.807) is 36.5 Å². The first-order valence-electron chi connectivity index (χ1n) is 43.8. The van der Waals surface area contributed by atoms with Crippen molar-refractivity contribution in [1.82, 2.24) is 123 Å². The lowest BCUT2D eigenvalue weighted by molar-refractivity contribution is -0.0474. The highest BCUT2D eigenvalue weighted by atomic mass is 19.3. The van der Waals surface area contributed by atoms with E-state index in [-0.39, 0.29) is 72.9 Å². The molecule has 136 heavy (non-hydrogen) atoms. The Morgan fingerprint density at radius 1 is 0.426 bits per heavy atom. The number of aliphatic hydroxyl groups is 1. The molecule has 8 atom stereocenters. The molecule has 5 aliphatic heterocycles. The molecule has 1 saturated carbocycles. The number of ether oxygens (including phenoxy) is 1. The summed E-state index contributed by atoms with van der Waals surface area (Å²) >= 11 is 0. The Labute approximate surface area is 764 Å². The number of aromatic nitrogens is 25. The number of imidazole rings is 5. The lowest BCUT2D eigenvalue weighted by atomic mass is 9.88. The molecule has 20 heterocycles. The average molecular weight is 1900 g/mol. The van der Waals surface area contributed by atoms with Crippen molar-refractivity contribution in [1.29, 1.82) is 0 Å². The second-order valence-corrected chi connectivity index (χ2v) is 33.6. The Morgan fingerprint density at radius 2 is 0.794 bits per heavy atom. The Balaban J connectivity index is 0.000000118. The first-order chi connectivity index (χ1) is 65.5. The lowest BCUT2D eigenvalue weighted by Crippen LogP contribution is -2.55. The zero-order chi connectivity index (χ0) is 95.4. The van der Waals surface area contributed by atoms with E-state index in [2.05, 4.69) is 115 Å². The summed E-state index contributed by atoms with van der Waals surface area (Å²) in [5.74, 6) is -2.52. The summed E-state index contributed by atoms with van der Waals surface area (Å²) in [4.78, 5) is 73.3. The van der Waals surface area contributed by atoms with Gasteiger partial charge in [0.2, 0.25) is 0 Å². The maximum absolute atomic E-state index is 14.2. The van der Waals surface area contributed by atoms with Crippen LogP contribution in [0.15, 0.2) is 154 Å². The molecule has 0 radical (unpaired) electrons. The summed E-state index contributed by atoms with van der Waals surface area (Å²) < 4.78 is 198. The molecule has 6 aliphatic rings. The largest absolute Gasteiger partial charge is 0.396 e. The summed E-state index contributed by atoms with van der Waals surface area (Å²) in [6.07, 6.45) is 8.43. The van der Waals surface area contributed by atoms with Crippen LogP contribution in [0.25, 0.3) is 85.2 Å². The third kappa shape index (κ3) is 20.6. The fraction of sp³-hybridized carbons (Fsp3) is 0.425. The minimum Gasteiger partial charge on any atom is -0.396 e. The number of aliphatic hydroxyl groups excluding tert-OH is 1. The smallest absolute Gasteiger partial charge is 0.282 e. The minimum atomic E-state index is -2.97. The number of nitrogens with two attached hydrogens (primary N) is 3. The summed E-state index contributed by atoms with van der Waals surface area (Å²) in [5, 5.41) is 29.3. The zero-order valence-corrected chi connectivity index (χ0v) is 72.9. The van der Waals surface area contributed by atoms with Crippen LogP contribution in [0.4, 0.5) is 90.6 Å². The molecule has 15 aromatic heterocycles. The topological polar surface area (TPSA) is 404 Å². The molecule has 21 rings (SSSR count). The molecule has 714 valence electrons. The van der Waals surface area contributed by atoms with Gasteiger partial charge in [-0.05, 0) is 125 Å². The van der Waals surface area contributed by atoms with Crippen LogP contribution in [-0.4, -0.2) is 242 Å². The molecule has 15 aromatic rings.